The van der Waals surface area contributed by atoms with Gasteiger partial charge in [-0.2, -0.15) is 0 Å². The highest BCUT2D eigenvalue weighted by atomic mass is 19.3. The van der Waals surface area contributed by atoms with E-state index < -0.39 is 11.8 Å². The molecule has 0 aliphatic carbocycles. The summed E-state index contributed by atoms with van der Waals surface area (Å²) in [7, 11) is 0. The second-order valence-corrected chi connectivity index (χ2v) is 5.61. The lowest BCUT2D eigenvalue weighted by Crippen LogP contribution is -2.29. The topological polar surface area (TPSA) is 59.2 Å². The van der Waals surface area contributed by atoms with Gasteiger partial charge in [-0.15, -0.1) is 0 Å². The molecule has 22 heavy (non-hydrogen) atoms. The van der Waals surface area contributed by atoms with Crippen molar-refractivity contribution in [3.63, 3.8) is 0 Å². The van der Waals surface area contributed by atoms with E-state index in [4.69, 9.17) is 5.73 Å². The lowest BCUT2D eigenvalue weighted by molar-refractivity contribution is -0.0102. The molecule has 3 rings (SSSR count). The summed E-state index contributed by atoms with van der Waals surface area (Å²) in [5.41, 5.74) is 6.45. The molecule has 1 aromatic carbocycles. The molecular weight excluding hydrogens is 288 g/mol. The van der Waals surface area contributed by atoms with Crippen molar-refractivity contribution in [2.24, 2.45) is 5.73 Å². The van der Waals surface area contributed by atoms with Gasteiger partial charge in [-0.05, 0) is 18.6 Å². The number of rotatable bonds is 2. The molecule has 0 saturated carbocycles. The van der Waals surface area contributed by atoms with Gasteiger partial charge in [0, 0.05) is 31.3 Å². The molecule has 1 saturated heterocycles. The number of nitrogens with two attached hydrogens (primary N) is 1. The first-order valence-corrected chi connectivity index (χ1v) is 7.29. The Morgan fingerprint density at radius 2 is 2.00 bits per heavy atom. The normalized spacial score (nSPS) is 18.2. The molecule has 6 heteroatoms. The average molecular weight is 305 g/mol. The number of primary amides is 1. The third-order valence-electron chi connectivity index (χ3n) is 3.99. The summed E-state index contributed by atoms with van der Waals surface area (Å²) in [6, 6.07) is 9.05. The summed E-state index contributed by atoms with van der Waals surface area (Å²) >= 11 is 0. The fraction of sp³-hybridized carbons (Fsp3) is 0.375. The summed E-state index contributed by atoms with van der Waals surface area (Å²) in [6.07, 6.45) is -0.0115. The van der Waals surface area contributed by atoms with Crippen molar-refractivity contribution in [3.8, 4) is 0 Å². The predicted octanol–water partition coefficient (Wildman–Crippen LogP) is 2.96. The lowest BCUT2D eigenvalue weighted by Gasteiger charge is -2.24. The fourth-order valence-electron chi connectivity index (χ4n) is 2.80. The monoisotopic (exact) mass is 305 g/mol. The maximum absolute atomic E-state index is 13.5. The van der Waals surface area contributed by atoms with E-state index in [2.05, 4.69) is 4.98 Å². The Bertz CT molecular complexity index is 718. The summed E-state index contributed by atoms with van der Waals surface area (Å²) < 4.78 is 27.1. The van der Waals surface area contributed by atoms with Crippen LogP contribution >= 0.6 is 0 Å². The quantitative estimate of drug-likeness (QED) is 0.928. The largest absolute Gasteiger partial charge is 0.365 e. The number of carbonyl (C=O) groups excluding carboxylic acids is 1. The molecule has 1 aromatic heterocycles. The van der Waals surface area contributed by atoms with Gasteiger partial charge >= 0.3 is 0 Å². The standard InChI is InChI=1S/C16H17F2N3O/c17-16(18)6-3-8-21(9-7-16)15-12(14(19)22)10-11-4-1-2-5-13(11)20-15/h1-2,4-5,10H,3,6-9H2,(H2,19,22). The number of anilines is 1. The van der Waals surface area contributed by atoms with Gasteiger partial charge in [0.1, 0.15) is 5.82 Å². The zero-order valence-corrected chi connectivity index (χ0v) is 12.1. The Balaban J connectivity index is 2.04. The number of fused-ring (bicyclic) bond motifs is 1. The van der Waals surface area contributed by atoms with Crippen molar-refractivity contribution in [2.45, 2.75) is 25.2 Å². The van der Waals surface area contributed by atoms with Crippen molar-refractivity contribution in [1.82, 2.24) is 4.98 Å². The van der Waals surface area contributed by atoms with E-state index >= 15 is 0 Å². The minimum absolute atomic E-state index is 0.136. The Hall–Kier alpha value is -2.24. The van der Waals surface area contributed by atoms with Crippen LogP contribution in [0.25, 0.3) is 10.9 Å². The number of benzene rings is 1. The van der Waals surface area contributed by atoms with Crippen molar-refractivity contribution < 1.29 is 13.6 Å². The van der Waals surface area contributed by atoms with E-state index in [9.17, 15) is 13.6 Å². The van der Waals surface area contributed by atoms with Crippen molar-refractivity contribution >= 4 is 22.6 Å². The van der Waals surface area contributed by atoms with Crippen LogP contribution in [0, 0.1) is 0 Å². The van der Waals surface area contributed by atoms with Crippen LogP contribution in [0.4, 0.5) is 14.6 Å². The van der Waals surface area contributed by atoms with Gasteiger partial charge in [-0.1, -0.05) is 18.2 Å². The molecule has 1 aliphatic rings. The van der Waals surface area contributed by atoms with E-state index in [1.54, 1.807) is 11.0 Å². The highest BCUT2D eigenvalue weighted by Gasteiger charge is 2.32. The van der Waals surface area contributed by atoms with Crippen LogP contribution in [-0.4, -0.2) is 29.9 Å². The van der Waals surface area contributed by atoms with Crippen molar-refractivity contribution in [1.29, 1.82) is 0 Å². The van der Waals surface area contributed by atoms with Gasteiger partial charge in [0.15, 0.2) is 0 Å². The van der Waals surface area contributed by atoms with E-state index in [1.807, 2.05) is 24.3 Å². The SMILES string of the molecule is NC(=O)c1cc2ccccc2nc1N1CCCC(F)(F)CC1. The Morgan fingerprint density at radius 1 is 1.23 bits per heavy atom. The maximum atomic E-state index is 13.5. The zero-order valence-electron chi connectivity index (χ0n) is 12.1. The molecule has 116 valence electrons. The molecule has 0 atom stereocenters. The third-order valence-corrected chi connectivity index (χ3v) is 3.99. The van der Waals surface area contributed by atoms with Crippen LogP contribution in [0.5, 0.6) is 0 Å². The van der Waals surface area contributed by atoms with E-state index in [0.29, 0.717) is 18.8 Å². The van der Waals surface area contributed by atoms with Gasteiger partial charge in [-0.3, -0.25) is 4.79 Å². The molecule has 0 spiro atoms. The van der Waals surface area contributed by atoms with Crippen molar-refractivity contribution in [2.75, 3.05) is 18.0 Å². The van der Waals surface area contributed by atoms with Crippen LogP contribution in [0.2, 0.25) is 0 Å². The molecule has 1 aliphatic heterocycles. The number of hydrogen-bond acceptors (Lipinski definition) is 3. The number of amides is 1. The first-order chi connectivity index (χ1) is 10.5. The number of para-hydroxylation sites is 1. The smallest absolute Gasteiger partial charge is 0.252 e. The predicted molar refractivity (Wildman–Crippen MR) is 81.3 cm³/mol. The first kappa shape index (κ1) is 14.7. The minimum atomic E-state index is -2.65. The Kier molecular flexibility index (Phi) is 3.68. The summed E-state index contributed by atoms with van der Waals surface area (Å²) in [5, 5.41) is 0.806. The van der Waals surface area contributed by atoms with Crippen LogP contribution in [0.3, 0.4) is 0 Å². The van der Waals surface area contributed by atoms with Crippen LogP contribution in [0.1, 0.15) is 29.6 Å². The highest BCUT2D eigenvalue weighted by Crippen LogP contribution is 2.31. The molecule has 0 radical (unpaired) electrons. The molecule has 2 aromatic rings. The molecule has 4 nitrogen and oxygen atoms in total. The molecular formula is C16H17F2N3O. The van der Waals surface area contributed by atoms with E-state index in [0.717, 1.165) is 10.9 Å². The molecule has 1 amide bonds. The molecule has 2 N–H and O–H groups in total. The number of carbonyl (C=O) groups is 1. The summed E-state index contributed by atoms with van der Waals surface area (Å²) in [4.78, 5) is 18.0. The zero-order chi connectivity index (χ0) is 15.7. The second kappa shape index (κ2) is 5.51. The molecule has 0 unspecified atom stereocenters. The lowest BCUT2D eigenvalue weighted by atomic mass is 10.1. The Morgan fingerprint density at radius 3 is 2.77 bits per heavy atom. The van der Waals surface area contributed by atoms with Gasteiger partial charge < -0.3 is 10.6 Å². The van der Waals surface area contributed by atoms with Crippen LogP contribution in [-0.2, 0) is 0 Å². The van der Waals surface area contributed by atoms with Gasteiger partial charge in [0.2, 0.25) is 5.92 Å². The van der Waals surface area contributed by atoms with Crippen LogP contribution < -0.4 is 10.6 Å². The van der Waals surface area contributed by atoms with E-state index in [-0.39, 0.29) is 24.9 Å². The first-order valence-electron chi connectivity index (χ1n) is 7.29. The van der Waals surface area contributed by atoms with Crippen LogP contribution in [0.15, 0.2) is 30.3 Å². The second-order valence-electron chi connectivity index (χ2n) is 5.61. The van der Waals surface area contributed by atoms with Crippen molar-refractivity contribution in [3.05, 3.63) is 35.9 Å². The van der Waals surface area contributed by atoms with E-state index in [1.165, 1.54) is 0 Å². The summed E-state index contributed by atoms with van der Waals surface area (Å²) in [6.45, 7) is 0.611. The molecule has 2 heterocycles. The number of nitrogens with zero attached hydrogens (tertiary/aromatic N) is 2. The molecule has 1 fully saturated rings. The number of halogens is 2. The number of alkyl halides is 2. The minimum Gasteiger partial charge on any atom is -0.365 e. The average Bonchev–Trinajstić information content (AvgIpc) is 2.66. The number of hydrogen-bond donors (Lipinski definition) is 1. The molecule has 0 bridgehead atoms. The number of aromatic nitrogens is 1. The maximum Gasteiger partial charge on any atom is 0.252 e. The third kappa shape index (κ3) is 2.86. The van der Waals surface area contributed by atoms with Gasteiger partial charge in [0.25, 0.3) is 5.91 Å². The van der Waals surface area contributed by atoms with Gasteiger partial charge in [0.05, 0.1) is 11.1 Å². The Labute approximate surface area is 126 Å². The number of pyridine rings is 1. The fourth-order valence-corrected chi connectivity index (χ4v) is 2.80. The highest BCUT2D eigenvalue weighted by molar-refractivity contribution is 6.01. The van der Waals surface area contributed by atoms with Gasteiger partial charge in [-0.25, -0.2) is 13.8 Å². The summed E-state index contributed by atoms with van der Waals surface area (Å²) in [5.74, 6) is -2.84.